The molecule has 0 bridgehead atoms. The number of hydrogen-bond acceptors (Lipinski definition) is 3. The van der Waals surface area contributed by atoms with E-state index >= 15 is 0 Å². The third-order valence-corrected chi connectivity index (χ3v) is 1.33. The fourth-order valence-electron chi connectivity index (χ4n) is 0.751. The zero-order valence-electron chi connectivity index (χ0n) is 7.56. The molecule has 0 radical (unpaired) electrons. The molecule has 11 heavy (non-hydrogen) atoms. The highest BCUT2D eigenvalue weighted by molar-refractivity contribution is 5.53. The van der Waals surface area contributed by atoms with Crippen molar-refractivity contribution in [3.63, 3.8) is 0 Å². The minimum atomic E-state index is 0.891. The van der Waals surface area contributed by atoms with E-state index in [2.05, 4.69) is 22.5 Å². The number of hydrogen-bond donors (Lipinski definition) is 2. The standard InChI is InChI=1S/C8H19N3/c1-3-9-5-7-11-8-6-10-4-2/h3,10-11H,4-8H2,1-2H3. The van der Waals surface area contributed by atoms with Crippen LogP contribution in [0.25, 0.3) is 0 Å². The largest absolute Gasteiger partial charge is 0.316 e. The summed E-state index contributed by atoms with van der Waals surface area (Å²) in [6.07, 6.45) is 1.84. The normalized spacial score (nSPS) is 11.1. The second kappa shape index (κ2) is 9.59. The van der Waals surface area contributed by atoms with Crippen molar-refractivity contribution >= 4 is 6.21 Å². The van der Waals surface area contributed by atoms with Gasteiger partial charge in [-0.3, -0.25) is 4.99 Å². The number of nitrogens with one attached hydrogen (secondary N) is 2. The molecule has 0 unspecified atom stereocenters. The van der Waals surface area contributed by atoms with Crippen LogP contribution in [0.3, 0.4) is 0 Å². The van der Waals surface area contributed by atoms with Crippen LogP contribution in [-0.2, 0) is 0 Å². The summed E-state index contributed by atoms with van der Waals surface area (Å²) in [5, 5.41) is 6.52. The number of aliphatic imine (C=N–C) groups is 1. The van der Waals surface area contributed by atoms with Crippen molar-refractivity contribution < 1.29 is 0 Å². The molecule has 0 aromatic carbocycles. The van der Waals surface area contributed by atoms with Crippen LogP contribution < -0.4 is 10.6 Å². The summed E-state index contributed by atoms with van der Waals surface area (Å²) >= 11 is 0. The predicted molar refractivity (Wildman–Crippen MR) is 50.4 cm³/mol. The lowest BCUT2D eigenvalue weighted by Gasteiger charge is -2.02. The van der Waals surface area contributed by atoms with Gasteiger partial charge in [0.2, 0.25) is 0 Å². The number of rotatable bonds is 7. The Labute approximate surface area is 69.3 Å². The molecule has 0 aromatic rings. The van der Waals surface area contributed by atoms with Gasteiger partial charge in [0.1, 0.15) is 0 Å². The fraction of sp³-hybridized carbons (Fsp3) is 0.875. The molecule has 0 heterocycles. The Morgan fingerprint density at radius 3 is 2.55 bits per heavy atom. The Hall–Kier alpha value is -0.410. The van der Waals surface area contributed by atoms with E-state index in [0.717, 1.165) is 32.7 Å². The molecular formula is C8H19N3. The first kappa shape index (κ1) is 10.6. The average Bonchev–Trinajstić information content (AvgIpc) is 2.03. The maximum absolute atomic E-state index is 4.08. The second-order valence-corrected chi connectivity index (χ2v) is 2.27. The summed E-state index contributed by atoms with van der Waals surface area (Å²) in [7, 11) is 0. The monoisotopic (exact) mass is 157 g/mol. The van der Waals surface area contributed by atoms with Crippen molar-refractivity contribution in [3.05, 3.63) is 0 Å². The first-order valence-electron chi connectivity index (χ1n) is 4.27. The Bertz CT molecular complexity index is 91.3. The van der Waals surface area contributed by atoms with Crippen LogP contribution in [0.15, 0.2) is 4.99 Å². The molecule has 0 saturated carbocycles. The molecule has 3 heteroatoms. The van der Waals surface area contributed by atoms with Gasteiger partial charge in [-0.05, 0) is 19.7 Å². The minimum absolute atomic E-state index is 0.891. The average molecular weight is 157 g/mol. The molecule has 0 amide bonds. The van der Waals surface area contributed by atoms with Crippen molar-refractivity contribution in [2.45, 2.75) is 13.8 Å². The highest BCUT2D eigenvalue weighted by atomic mass is 14.9. The van der Waals surface area contributed by atoms with E-state index in [4.69, 9.17) is 0 Å². The summed E-state index contributed by atoms with van der Waals surface area (Å²) in [5.74, 6) is 0. The molecular weight excluding hydrogens is 138 g/mol. The molecule has 0 spiro atoms. The van der Waals surface area contributed by atoms with Crippen LogP contribution in [0, 0.1) is 0 Å². The maximum atomic E-state index is 4.08. The lowest BCUT2D eigenvalue weighted by molar-refractivity contribution is 0.629. The SMILES string of the molecule is CC=NCCNCCNCC. The summed E-state index contributed by atoms with van der Waals surface area (Å²) in [5.41, 5.74) is 0. The van der Waals surface area contributed by atoms with E-state index in [1.165, 1.54) is 0 Å². The molecule has 0 saturated heterocycles. The van der Waals surface area contributed by atoms with Crippen LogP contribution in [0.5, 0.6) is 0 Å². The van der Waals surface area contributed by atoms with Crippen molar-refractivity contribution in [3.8, 4) is 0 Å². The Kier molecular flexibility index (Phi) is 9.23. The summed E-state index contributed by atoms with van der Waals surface area (Å²) in [4.78, 5) is 4.08. The van der Waals surface area contributed by atoms with Crippen LogP contribution in [0.1, 0.15) is 13.8 Å². The highest BCUT2D eigenvalue weighted by Gasteiger charge is 1.83. The third-order valence-electron chi connectivity index (χ3n) is 1.33. The zero-order valence-corrected chi connectivity index (χ0v) is 7.56. The van der Waals surface area contributed by atoms with Gasteiger partial charge in [-0.25, -0.2) is 0 Å². The van der Waals surface area contributed by atoms with Crippen LogP contribution in [-0.4, -0.2) is 38.9 Å². The number of nitrogens with zero attached hydrogens (tertiary/aromatic N) is 1. The van der Waals surface area contributed by atoms with Gasteiger partial charge in [0, 0.05) is 19.6 Å². The molecule has 0 atom stereocenters. The lowest BCUT2D eigenvalue weighted by Crippen LogP contribution is -2.28. The highest BCUT2D eigenvalue weighted by Crippen LogP contribution is 1.65. The van der Waals surface area contributed by atoms with Gasteiger partial charge in [0.15, 0.2) is 0 Å². The zero-order chi connectivity index (χ0) is 8.36. The molecule has 0 aliphatic rings. The summed E-state index contributed by atoms with van der Waals surface area (Å²) in [6.45, 7) is 9.06. The van der Waals surface area contributed by atoms with Crippen LogP contribution in [0.4, 0.5) is 0 Å². The van der Waals surface area contributed by atoms with Gasteiger partial charge in [-0.1, -0.05) is 6.92 Å². The molecule has 3 nitrogen and oxygen atoms in total. The predicted octanol–water partition coefficient (Wildman–Crippen LogP) is 0.276. The first-order chi connectivity index (χ1) is 5.41. The van der Waals surface area contributed by atoms with Gasteiger partial charge in [-0.2, -0.15) is 0 Å². The Balaban J connectivity index is 2.79. The molecule has 0 aliphatic carbocycles. The second-order valence-electron chi connectivity index (χ2n) is 2.27. The van der Waals surface area contributed by atoms with Gasteiger partial charge in [0.05, 0.1) is 6.54 Å². The van der Waals surface area contributed by atoms with Gasteiger partial charge >= 0.3 is 0 Å². The smallest absolute Gasteiger partial charge is 0.0510 e. The van der Waals surface area contributed by atoms with Crippen molar-refractivity contribution in [2.24, 2.45) is 4.99 Å². The van der Waals surface area contributed by atoms with Crippen LogP contribution >= 0.6 is 0 Å². The first-order valence-corrected chi connectivity index (χ1v) is 4.27. The fourth-order valence-corrected chi connectivity index (χ4v) is 0.751. The van der Waals surface area contributed by atoms with E-state index in [-0.39, 0.29) is 0 Å². The molecule has 2 N–H and O–H groups in total. The van der Waals surface area contributed by atoms with E-state index < -0.39 is 0 Å². The molecule has 66 valence electrons. The van der Waals surface area contributed by atoms with E-state index in [1.807, 2.05) is 13.1 Å². The topological polar surface area (TPSA) is 36.4 Å². The summed E-state index contributed by atoms with van der Waals surface area (Å²) in [6, 6.07) is 0. The van der Waals surface area contributed by atoms with Gasteiger partial charge in [0.25, 0.3) is 0 Å². The van der Waals surface area contributed by atoms with E-state index in [1.54, 1.807) is 0 Å². The van der Waals surface area contributed by atoms with Crippen molar-refractivity contribution in [1.82, 2.24) is 10.6 Å². The van der Waals surface area contributed by atoms with Crippen LogP contribution in [0.2, 0.25) is 0 Å². The van der Waals surface area contributed by atoms with Gasteiger partial charge in [-0.15, -0.1) is 0 Å². The van der Waals surface area contributed by atoms with E-state index in [9.17, 15) is 0 Å². The Morgan fingerprint density at radius 1 is 1.18 bits per heavy atom. The quantitative estimate of drug-likeness (QED) is 0.411. The van der Waals surface area contributed by atoms with Crippen molar-refractivity contribution in [2.75, 3.05) is 32.7 Å². The molecule has 0 rings (SSSR count). The van der Waals surface area contributed by atoms with Crippen molar-refractivity contribution in [1.29, 1.82) is 0 Å². The molecule has 0 aromatic heterocycles. The van der Waals surface area contributed by atoms with Gasteiger partial charge < -0.3 is 10.6 Å². The lowest BCUT2D eigenvalue weighted by atomic mass is 10.5. The number of likely N-dealkylation sites (N-methyl/N-ethyl adjacent to an activating group) is 1. The molecule has 0 fully saturated rings. The molecule has 0 aliphatic heterocycles. The van der Waals surface area contributed by atoms with E-state index in [0.29, 0.717) is 0 Å². The maximum Gasteiger partial charge on any atom is 0.0510 e. The third kappa shape index (κ3) is 9.59. The Morgan fingerprint density at radius 2 is 1.91 bits per heavy atom. The summed E-state index contributed by atoms with van der Waals surface area (Å²) < 4.78 is 0. The minimum Gasteiger partial charge on any atom is -0.316 e.